The lowest BCUT2D eigenvalue weighted by molar-refractivity contribution is -0.143. The number of nitrogens with one attached hydrogen (secondary N) is 1. The maximum absolute atomic E-state index is 12.4. The summed E-state index contributed by atoms with van der Waals surface area (Å²) in [5, 5.41) is 23.0. The van der Waals surface area contributed by atoms with Crippen molar-refractivity contribution in [1.82, 2.24) is 5.32 Å². The summed E-state index contributed by atoms with van der Waals surface area (Å²) in [5.74, 6) is -0.0564. The molecule has 0 aromatic heterocycles. The summed E-state index contributed by atoms with van der Waals surface area (Å²) in [6.45, 7) is 4.89. The van der Waals surface area contributed by atoms with E-state index in [1.807, 2.05) is 6.08 Å². The second-order valence-corrected chi connectivity index (χ2v) is 23.5. The number of ether oxygens (including phenoxy) is 1. The summed E-state index contributed by atoms with van der Waals surface area (Å²) in [5.41, 5.74) is 0. The fourth-order valence-electron chi connectivity index (χ4n) is 10.5. The van der Waals surface area contributed by atoms with E-state index in [2.05, 4.69) is 55.6 Å². The van der Waals surface area contributed by atoms with Crippen molar-refractivity contribution < 1.29 is 24.5 Å². The molecule has 0 aliphatic heterocycles. The number of aliphatic hydroxyl groups is 2. The quantitative estimate of drug-likeness (QED) is 0.0320. The molecule has 6 heteroatoms. The van der Waals surface area contributed by atoms with Gasteiger partial charge in [0.1, 0.15) is 0 Å². The highest BCUT2D eigenvalue weighted by atomic mass is 16.5. The first-order valence-electron chi connectivity index (χ1n) is 34.4. The van der Waals surface area contributed by atoms with E-state index in [0.717, 1.165) is 51.4 Å². The molecular formula is C71H133NO5. The second-order valence-electron chi connectivity index (χ2n) is 23.5. The normalized spacial score (nSPS) is 12.8. The molecule has 2 atom stereocenters. The molecule has 0 aromatic rings. The summed E-state index contributed by atoms with van der Waals surface area (Å²) < 4.78 is 5.50. The van der Waals surface area contributed by atoms with Crippen LogP contribution in [0.2, 0.25) is 0 Å². The van der Waals surface area contributed by atoms with E-state index < -0.39 is 12.1 Å². The maximum atomic E-state index is 12.4. The summed E-state index contributed by atoms with van der Waals surface area (Å²) in [7, 11) is 0. The van der Waals surface area contributed by atoms with Crippen molar-refractivity contribution in [3.05, 3.63) is 48.6 Å². The Morgan fingerprint density at radius 2 is 0.649 bits per heavy atom. The van der Waals surface area contributed by atoms with Crippen molar-refractivity contribution in [2.24, 2.45) is 0 Å². The van der Waals surface area contributed by atoms with Gasteiger partial charge in [-0.05, 0) is 89.9 Å². The molecule has 0 saturated carbocycles. The topological polar surface area (TPSA) is 95.9 Å². The largest absolute Gasteiger partial charge is 0.466 e. The number of rotatable bonds is 64. The van der Waals surface area contributed by atoms with Crippen LogP contribution in [0.5, 0.6) is 0 Å². The van der Waals surface area contributed by atoms with Gasteiger partial charge in [0, 0.05) is 12.8 Å². The van der Waals surface area contributed by atoms with Gasteiger partial charge in [0.2, 0.25) is 5.91 Å². The molecule has 0 saturated heterocycles. The van der Waals surface area contributed by atoms with Crippen molar-refractivity contribution in [2.45, 2.75) is 379 Å². The van der Waals surface area contributed by atoms with E-state index in [1.54, 1.807) is 6.08 Å². The molecule has 0 spiro atoms. The number of carbonyl (C=O) groups excluding carboxylic acids is 2. The van der Waals surface area contributed by atoms with Gasteiger partial charge in [-0.1, -0.05) is 313 Å². The van der Waals surface area contributed by atoms with Crippen LogP contribution >= 0.6 is 0 Å². The van der Waals surface area contributed by atoms with E-state index in [1.165, 1.54) is 289 Å². The van der Waals surface area contributed by atoms with Gasteiger partial charge in [0.25, 0.3) is 0 Å². The molecule has 6 nitrogen and oxygen atoms in total. The van der Waals surface area contributed by atoms with Crippen LogP contribution in [0.3, 0.4) is 0 Å². The van der Waals surface area contributed by atoms with Crippen LogP contribution in [-0.4, -0.2) is 47.4 Å². The standard InChI is InChI=1S/C71H133NO5/c1-3-5-7-9-11-13-15-16-17-18-35-38-41-45-49-53-57-61-65-71(76)77-66-62-58-54-50-46-42-39-36-33-31-29-27-25-23-21-19-20-22-24-26-28-30-32-34-37-40-44-48-52-56-60-64-70(75)72-68(67-73)69(74)63-59-55-51-47-43-14-12-10-8-6-4-2/h13,15,17-18,21,23,59,63,68-69,73-74H,3-12,14,16,19-20,22,24-58,60-62,64-67H2,1-2H3,(H,72,75)/b15-13-,18-17-,23-21-,63-59+. The number of allylic oxidation sites excluding steroid dienone is 7. The summed E-state index contributed by atoms with van der Waals surface area (Å²) in [6.07, 6.45) is 86.2. The van der Waals surface area contributed by atoms with Crippen molar-refractivity contribution in [2.75, 3.05) is 13.2 Å². The third-order valence-corrected chi connectivity index (χ3v) is 15.8. The lowest BCUT2D eigenvalue weighted by Gasteiger charge is -2.20. The van der Waals surface area contributed by atoms with Crippen molar-refractivity contribution in [1.29, 1.82) is 0 Å². The van der Waals surface area contributed by atoms with Crippen LogP contribution in [0.4, 0.5) is 0 Å². The highest BCUT2D eigenvalue weighted by molar-refractivity contribution is 5.76. The molecule has 3 N–H and O–H groups in total. The van der Waals surface area contributed by atoms with Gasteiger partial charge in [-0.3, -0.25) is 9.59 Å². The average Bonchev–Trinajstić information content (AvgIpc) is 3.43. The molecular weight excluding hydrogens is 947 g/mol. The molecule has 1 amide bonds. The Hall–Kier alpha value is -2.18. The zero-order valence-corrected chi connectivity index (χ0v) is 51.7. The van der Waals surface area contributed by atoms with Crippen LogP contribution in [0.1, 0.15) is 367 Å². The average molecular weight is 1080 g/mol. The van der Waals surface area contributed by atoms with Crippen LogP contribution in [0, 0.1) is 0 Å². The molecule has 0 aromatic carbocycles. The second kappa shape index (κ2) is 66.3. The third-order valence-electron chi connectivity index (χ3n) is 15.8. The van der Waals surface area contributed by atoms with Gasteiger partial charge < -0.3 is 20.3 Å². The summed E-state index contributed by atoms with van der Waals surface area (Å²) >= 11 is 0. The lowest BCUT2D eigenvalue weighted by atomic mass is 10.0. The fraction of sp³-hybridized carbons (Fsp3) is 0.859. The molecule has 0 bridgehead atoms. The van der Waals surface area contributed by atoms with Crippen molar-refractivity contribution >= 4 is 11.9 Å². The zero-order chi connectivity index (χ0) is 55.7. The molecule has 0 aliphatic carbocycles. The Morgan fingerprint density at radius 1 is 0.364 bits per heavy atom. The number of aliphatic hydroxyl groups excluding tert-OH is 2. The molecule has 77 heavy (non-hydrogen) atoms. The van der Waals surface area contributed by atoms with Gasteiger partial charge in [0.15, 0.2) is 0 Å². The number of carbonyl (C=O) groups is 2. The maximum Gasteiger partial charge on any atom is 0.305 e. The monoisotopic (exact) mass is 1080 g/mol. The number of unbranched alkanes of at least 4 members (excludes halogenated alkanes) is 47. The molecule has 0 radical (unpaired) electrons. The van der Waals surface area contributed by atoms with Crippen LogP contribution in [0.15, 0.2) is 48.6 Å². The van der Waals surface area contributed by atoms with Crippen LogP contribution in [0.25, 0.3) is 0 Å². The minimum Gasteiger partial charge on any atom is -0.466 e. The summed E-state index contributed by atoms with van der Waals surface area (Å²) in [6, 6.07) is -0.625. The Bertz CT molecular complexity index is 1290. The van der Waals surface area contributed by atoms with E-state index in [9.17, 15) is 19.8 Å². The first-order valence-corrected chi connectivity index (χ1v) is 34.4. The van der Waals surface area contributed by atoms with E-state index in [-0.39, 0.29) is 18.5 Å². The first-order chi connectivity index (χ1) is 38.0. The first kappa shape index (κ1) is 74.8. The molecule has 2 unspecified atom stereocenters. The van der Waals surface area contributed by atoms with Gasteiger partial charge in [-0.25, -0.2) is 0 Å². The van der Waals surface area contributed by atoms with Gasteiger partial charge in [-0.2, -0.15) is 0 Å². The Balaban J connectivity index is 3.35. The molecule has 452 valence electrons. The predicted octanol–water partition coefficient (Wildman–Crippen LogP) is 22.1. The predicted molar refractivity (Wildman–Crippen MR) is 338 cm³/mol. The smallest absolute Gasteiger partial charge is 0.305 e. The van der Waals surface area contributed by atoms with E-state index in [0.29, 0.717) is 19.4 Å². The molecule has 0 heterocycles. The van der Waals surface area contributed by atoms with Gasteiger partial charge in [0.05, 0.1) is 25.4 Å². The SMILES string of the molecule is CCCCCC/C=C\C/C=C\CCCCCCCCCC(=O)OCCCCCCCCCCCCCC/C=C\CCCCCCCCCCCCCCCCCC(=O)NC(CO)C(O)/C=C/CCCCCCCCCCC. The zero-order valence-electron chi connectivity index (χ0n) is 51.7. The van der Waals surface area contributed by atoms with Crippen LogP contribution in [-0.2, 0) is 14.3 Å². The van der Waals surface area contributed by atoms with Gasteiger partial charge in [-0.15, -0.1) is 0 Å². The van der Waals surface area contributed by atoms with Crippen LogP contribution < -0.4 is 5.32 Å². The Labute approximate surface area is 480 Å². The third kappa shape index (κ3) is 62.9. The van der Waals surface area contributed by atoms with Crippen molar-refractivity contribution in [3.8, 4) is 0 Å². The molecule has 0 rings (SSSR count). The highest BCUT2D eigenvalue weighted by Crippen LogP contribution is 2.18. The van der Waals surface area contributed by atoms with E-state index in [4.69, 9.17) is 4.74 Å². The number of amides is 1. The van der Waals surface area contributed by atoms with E-state index >= 15 is 0 Å². The summed E-state index contributed by atoms with van der Waals surface area (Å²) in [4.78, 5) is 24.5. The highest BCUT2D eigenvalue weighted by Gasteiger charge is 2.18. The Morgan fingerprint density at radius 3 is 1.01 bits per heavy atom. The fourth-order valence-corrected chi connectivity index (χ4v) is 10.5. The molecule has 0 fully saturated rings. The number of hydrogen-bond acceptors (Lipinski definition) is 5. The lowest BCUT2D eigenvalue weighted by Crippen LogP contribution is -2.45. The minimum absolute atomic E-state index is 0.00997. The molecule has 0 aliphatic rings. The Kier molecular flexibility index (Phi) is 64.5. The minimum atomic E-state index is -0.842. The van der Waals surface area contributed by atoms with Gasteiger partial charge >= 0.3 is 5.97 Å². The number of esters is 1. The number of hydrogen-bond donors (Lipinski definition) is 3. The van der Waals surface area contributed by atoms with Crippen molar-refractivity contribution in [3.63, 3.8) is 0 Å².